The number of sulfone groups is 1. The quantitative estimate of drug-likeness (QED) is 0.836. The van der Waals surface area contributed by atoms with Crippen LogP contribution in [0.3, 0.4) is 0 Å². The van der Waals surface area contributed by atoms with Crippen molar-refractivity contribution in [2.45, 2.75) is 23.0 Å². The van der Waals surface area contributed by atoms with Gasteiger partial charge in [-0.1, -0.05) is 29.8 Å². The SMILES string of the molecule is COC[C@@]1(C(=O)O)[C@@H](c2ccc(F)cc2)[C@@H]1S(=O)(=O)c1ccc(C)cc1. The van der Waals surface area contributed by atoms with Gasteiger partial charge in [0.2, 0.25) is 0 Å². The van der Waals surface area contributed by atoms with Crippen molar-refractivity contribution >= 4 is 15.8 Å². The monoisotopic (exact) mass is 378 g/mol. The number of aliphatic carboxylic acids is 1. The number of hydrogen-bond acceptors (Lipinski definition) is 4. The Bertz CT molecular complexity index is 921. The molecule has 3 rings (SSSR count). The number of halogens is 1. The maximum absolute atomic E-state index is 13.2. The zero-order valence-electron chi connectivity index (χ0n) is 14.3. The fourth-order valence-corrected chi connectivity index (χ4v) is 5.96. The summed E-state index contributed by atoms with van der Waals surface area (Å²) in [6.45, 7) is 1.58. The molecule has 2 aromatic rings. The summed E-state index contributed by atoms with van der Waals surface area (Å²) in [5, 5.41) is 8.65. The molecule has 138 valence electrons. The number of methoxy groups -OCH3 is 1. The summed E-state index contributed by atoms with van der Waals surface area (Å²) in [6.07, 6.45) is 0. The van der Waals surface area contributed by atoms with Crippen LogP contribution in [0.15, 0.2) is 53.4 Å². The fraction of sp³-hybridized carbons (Fsp3) is 0.316. The topological polar surface area (TPSA) is 80.7 Å². The first-order valence-electron chi connectivity index (χ1n) is 8.03. The van der Waals surface area contributed by atoms with Crippen LogP contribution in [0.2, 0.25) is 0 Å². The fourth-order valence-electron chi connectivity index (χ4n) is 3.60. The molecule has 3 atom stereocenters. The summed E-state index contributed by atoms with van der Waals surface area (Å²) in [5.74, 6) is -2.53. The molecule has 0 unspecified atom stereocenters. The van der Waals surface area contributed by atoms with Crippen molar-refractivity contribution in [1.82, 2.24) is 0 Å². The maximum atomic E-state index is 13.2. The molecule has 0 radical (unpaired) electrons. The Morgan fingerprint density at radius 3 is 2.23 bits per heavy atom. The minimum atomic E-state index is -3.92. The Balaban J connectivity index is 2.11. The van der Waals surface area contributed by atoms with Crippen molar-refractivity contribution in [2.24, 2.45) is 5.41 Å². The summed E-state index contributed by atoms with van der Waals surface area (Å²) in [4.78, 5) is 12.1. The second-order valence-corrected chi connectivity index (χ2v) is 8.66. The molecule has 0 aliphatic heterocycles. The molecule has 0 amide bonds. The molecule has 1 N–H and O–H groups in total. The molecule has 0 heterocycles. The van der Waals surface area contributed by atoms with Gasteiger partial charge in [0.15, 0.2) is 9.84 Å². The number of aryl methyl sites for hydroxylation is 1. The maximum Gasteiger partial charge on any atom is 0.314 e. The number of benzene rings is 2. The van der Waals surface area contributed by atoms with E-state index in [1.807, 2.05) is 6.92 Å². The summed E-state index contributed by atoms with van der Waals surface area (Å²) < 4.78 is 44.6. The molecule has 0 saturated heterocycles. The molecule has 0 spiro atoms. The smallest absolute Gasteiger partial charge is 0.314 e. The lowest BCUT2D eigenvalue weighted by Gasteiger charge is -2.12. The van der Waals surface area contributed by atoms with Crippen LogP contribution in [0.1, 0.15) is 17.0 Å². The van der Waals surface area contributed by atoms with Crippen LogP contribution in [-0.4, -0.2) is 38.5 Å². The first kappa shape index (κ1) is 18.5. The number of ether oxygens (including phenoxy) is 1. The first-order valence-corrected chi connectivity index (χ1v) is 9.58. The second-order valence-electron chi connectivity index (χ2n) is 6.59. The lowest BCUT2D eigenvalue weighted by Crippen LogP contribution is -2.28. The van der Waals surface area contributed by atoms with Gasteiger partial charge in [0.05, 0.1) is 16.8 Å². The molecule has 1 fully saturated rings. The van der Waals surface area contributed by atoms with Crippen molar-refractivity contribution in [1.29, 1.82) is 0 Å². The third-order valence-electron chi connectivity index (χ3n) is 4.95. The Morgan fingerprint density at radius 2 is 1.73 bits per heavy atom. The highest BCUT2D eigenvalue weighted by Gasteiger charge is 2.76. The van der Waals surface area contributed by atoms with E-state index in [0.29, 0.717) is 5.56 Å². The van der Waals surface area contributed by atoms with E-state index >= 15 is 0 Å². The number of carboxylic acids is 1. The predicted octanol–water partition coefficient (Wildman–Crippen LogP) is 2.79. The Kier molecular flexibility index (Phi) is 4.62. The van der Waals surface area contributed by atoms with Crippen LogP contribution >= 0.6 is 0 Å². The number of hydrogen-bond donors (Lipinski definition) is 1. The molecular weight excluding hydrogens is 359 g/mol. The van der Waals surface area contributed by atoms with Gasteiger partial charge >= 0.3 is 5.97 Å². The van der Waals surface area contributed by atoms with Crippen LogP contribution < -0.4 is 0 Å². The summed E-state index contributed by atoms with van der Waals surface area (Å²) in [7, 11) is -2.59. The van der Waals surface area contributed by atoms with Crippen molar-refractivity contribution in [3.05, 3.63) is 65.5 Å². The zero-order valence-corrected chi connectivity index (χ0v) is 15.2. The summed E-state index contributed by atoms with van der Waals surface area (Å²) in [5.41, 5.74) is -0.237. The standard InChI is InChI=1S/C19H19FO5S/c1-12-3-9-15(10-4-12)26(23,24)17-16(13-5-7-14(20)8-6-13)19(17,11-25-2)18(21)22/h3-10,16-17H,11H2,1-2H3,(H,21,22)/t16-,17-,19+/m0/s1. The van der Waals surface area contributed by atoms with E-state index < -0.39 is 38.2 Å². The molecular formula is C19H19FO5S. The highest BCUT2D eigenvalue weighted by atomic mass is 32.2. The number of rotatable bonds is 6. The molecule has 0 aromatic heterocycles. The van der Waals surface area contributed by atoms with Gasteiger partial charge in [-0.3, -0.25) is 4.79 Å². The van der Waals surface area contributed by atoms with Gasteiger partial charge in [-0.25, -0.2) is 12.8 Å². The molecule has 5 nitrogen and oxygen atoms in total. The highest BCUT2D eigenvalue weighted by Crippen LogP contribution is 2.64. The number of carboxylic acid groups (broad SMARTS) is 1. The van der Waals surface area contributed by atoms with E-state index in [0.717, 1.165) is 5.56 Å². The van der Waals surface area contributed by atoms with Gasteiger partial charge in [-0.05, 0) is 36.8 Å². The Labute approximate surface area is 151 Å². The average Bonchev–Trinajstić information content (AvgIpc) is 3.27. The lowest BCUT2D eigenvalue weighted by atomic mass is 10.00. The van der Waals surface area contributed by atoms with Gasteiger partial charge in [0.1, 0.15) is 11.2 Å². The summed E-state index contributed by atoms with van der Waals surface area (Å²) in [6, 6.07) is 11.5. The normalized spacial score (nSPS) is 25.0. The van der Waals surface area contributed by atoms with Crippen LogP contribution in [0.25, 0.3) is 0 Å². The zero-order chi connectivity index (χ0) is 19.1. The predicted molar refractivity (Wildman–Crippen MR) is 93.2 cm³/mol. The minimum Gasteiger partial charge on any atom is -0.481 e. The molecule has 1 aliphatic rings. The highest BCUT2D eigenvalue weighted by molar-refractivity contribution is 7.92. The second kappa shape index (κ2) is 6.48. The largest absolute Gasteiger partial charge is 0.481 e. The van der Waals surface area contributed by atoms with E-state index in [-0.39, 0.29) is 11.5 Å². The van der Waals surface area contributed by atoms with Crippen LogP contribution in [0, 0.1) is 18.2 Å². The van der Waals surface area contributed by atoms with Crippen molar-refractivity contribution < 1.29 is 27.4 Å². The Hall–Kier alpha value is -2.25. The van der Waals surface area contributed by atoms with Crippen LogP contribution in [0.4, 0.5) is 4.39 Å². The van der Waals surface area contributed by atoms with Crippen molar-refractivity contribution in [3.63, 3.8) is 0 Å². The van der Waals surface area contributed by atoms with Crippen LogP contribution in [0.5, 0.6) is 0 Å². The summed E-state index contributed by atoms with van der Waals surface area (Å²) >= 11 is 0. The first-order chi connectivity index (χ1) is 12.2. The van der Waals surface area contributed by atoms with Gasteiger partial charge < -0.3 is 9.84 Å². The molecule has 2 aromatic carbocycles. The third-order valence-corrected chi connectivity index (χ3v) is 7.24. The van der Waals surface area contributed by atoms with E-state index in [2.05, 4.69) is 0 Å². The van der Waals surface area contributed by atoms with E-state index in [9.17, 15) is 22.7 Å². The van der Waals surface area contributed by atoms with Gasteiger partial charge in [0, 0.05) is 13.0 Å². The minimum absolute atomic E-state index is 0.0689. The van der Waals surface area contributed by atoms with Gasteiger partial charge in [-0.15, -0.1) is 0 Å². The van der Waals surface area contributed by atoms with E-state index in [1.54, 1.807) is 12.1 Å². The number of carbonyl (C=O) groups is 1. The molecule has 1 aliphatic carbocycles. The molecule has 0 bridgehead atoms. The third kappa shape index (κ3) is 2.81. The Morgan fingerprint density at radius 1 is 1.15 bits per heavy atom. The van der Waals surface area contributed by atoms with Gasteiger partial charge in [0.25, 0.3) is 0 Å². The van der Waals surface area contributed by atoms with E-state index in [1.165, 1.54) is 43.5 Å². The molecule has 7 heteroatoms. The molecule has 1 saturated carbocycles. The lowest BCUT2D eigenvalue weighted by molar-refractivity contribution is -0.145. The van der Waals surface area contributed by atoms with Crippen LogP contribution in [-0.2, 0) is 19.4 Å². The van der Waals surface area contributed by atoms with Crippen molar-refractivity contribution in [3.8, 4) is 0 Å². The van der Waals surface area contributed by atoms with E-state index in [4.69, 9.17) is 4.74 Å². The van der Waals surface area contributed by atoms with Gasteiger partial charge in [-0.2, -0.15) is 0 Å². The van der Waals surface area contributed by atoms with Crippen molar-refractivity contribution in [2.75, 3.05) is 13.7 Å². The average molecular weight is 378 g/mol. The molecule has 26 heavy (non-hydrogen) atoms.